The van der Waals surface area contributed by atoms with Gasteiger partial charge in [0.25, 0.3) is 0 Å². The number of carbonyl (C=O) groups excluding carboxylic acids is 2. The van der Waals surface area contributed by atoms with E-state index in [4.69, 9.17) is 14.6 Å². The van der Waals surface area contributed by atoms with Crippen LogP contribution in [0.1, 0.15) is 29.9 Å². The fraction of sp³-hybridized carbons (Fsp3) is 0.250. The van der Waals surface area contributed by atoms with Crippen LogP contribution in [0.2, 0.25) is 0 Å². The molecule has 28 heavy (non-hydrogen) atoms. The highest BCUT2D eigenvalue weighted by atomic mass is 79.9. The summed E-state index contributed by atoms with van der Waals surface area (Å²) in [6, 6.07) is 13.9. The van der Waals surface area contributed by atoms with Gasteiger partial charge in [-0.2, -0.15) is 0 Å². The lowest BCUT2D eigenvalue weighted by atomic mass is 9.87. The van der Waals surface area contributed by atoms with E-state index >= 15 is 0 Å². The zero-order valence-electron chi connectivity index (χ0n) is 14.8. The van der Waals surface area contributed by atoms with Gasteiger partial charge in [0.05, 0.1) is 0 Å². The summed E-state index contributed by atoms with van der Waals surface area (Å²) in [5, 5.41) is 9.27. The number of carboxylic acid groups (broad SMARTS) is 1. The van der Waals surface area contributed by atoms with Gasteiger partial charge in [0.2, 0.25) is 0 Å². The average Bonchev–Trinajstić information content (AvgIpc) is 2.70. The lowest BCUT2D eigenvalue weighted by molar-refractivity contribution is -0.137. The summed E-state index contributed by atoms with van der Waals surface area (Å²) >= 11 is 6.07. The summed E-state index contributed by atoms with van der Waals surface area (Å²) in [7, 11) is 0. The maximum Gasteiger partial charge on any atom is 0.321 e. The molecule has 2 rings (SSSR count). The third kappa shape index (κ3) is 6.76. The second-order valence-corrected chi connectivity index (χ2v) is 6.96. The van der Waals surface area contributed by atoms with Gasteiger partial charge < -0.3 is 14.6 Å². The molecule has 1 N–H and O–H groups in total. The molecule has 2 aromatic carbocycles. The summed E-state index contributed by atoms with van der Waals surface area (Å²) < 4.78 is 10.3. The number of benzene rings is 2. The van der Waals surface area contributed by atoms with Crippen LogP contribution >= 0.6 is 31.9 Å². The molecule has 0 heterocycles. The Kier molecular flexibility index (Phi) is 8.66. The number of alkyl halides is 2. The van der Waals surface area contributed by atoms with Crippen LogP contribution in [0, 0.1) is 0 Å². The molecule has 0 unspecified atom stereocenters. The zero-order valence-corrected chi connectivity index (χ0v) is 17.9. The molecule has 0 atom stereocenters. The van der Waals surface area contributed by atoms with Gasteiger partial charge in [0, 0.05) is 12.3 Å². The van der Waals surface area contributed by atoms with E-state index in [1.165, 1.54) is 0 Å². The number of hydrogen-bond donors (Lipinski definition) is 1. The SMILES string of the molecule is O=C(O)CCC(c1ccc(OC(=O)CBr)cc1)c1ccc(OC(=O)CBr)cc1. The quantitative estimate of drug-likeness (QED) is 0.305. The molecule has 0 aliphatic rings. The molecule has 6 nitrogen and oxygen atoms in total. The number of carboxylic acids is 1. The van der Waals surface area contributed by atoms with Crippen molar-refractivity contribution in [2.75, 3.05) is 10.7 Å². The Labute approximate surface area is 179 Å². The van der Waals surface area contributed by atoms with Gasteiger partial charge in [-0.25, -0.2) is 0 Å². The molecule has 0 aliphatic carbocycles. The van der Waals surface area contributed by atoms with E-state index in [1.54, 1.807) is 24.3 Å². The van der Waals surface area contributed by atoms with Gasteiger partial charge >= 0.3 is 17.9 Å². The van der Waals surface area contributed by atoms with Crippen molar-refractivity contribution in [2.45, 2.75) is 18.8 Å². The number of hydrogen-bond acceptors (Lipinski definition) is 5. The van der Waals surface area contributed by atoms with E-state index < -0.39 is 17.9 Å². The predicted molar refractivity (Wildman–Crippen MR) is 110 cm³/mol. The van der Waals surface area contributed by atoms with Crippen molar-refractivity contribution in [1.82, 2.24) is 0 Å². The van der Waals surface area contributed by atoms with Crippen molar-refractivity contribution >= 4 is 49.8 Å². The number of esters is 2. The van der Waals surface area contributed by atoms with E-state index in [-0.39, 0.29) is 23.0 Å². The van der Waals surface area contributed by atoms with E-state index in [9.17, 15) is 14.4 Å². The minimum atomic E-state index is -0.879. The highest BCUT2D eigenvalue weighted by Crippen LogP contribution is 2.31. The molecule has 0 radical (unpaired) electrons. The first kappa shape index (κ1) is 22.1. The molecule has 0 bridgehead atoms. The molecule has 0 saturated carbocycles. The highest BCUT2D eigenvalue weighted by molar-refractivity contribution is 9.09. The minimum absolute atomic E-state index is 0.00527. The van der Waals surface area contributed by atoms with Crippen LogP contribution in [-0.4, -0.2) is 33.7 Å². The van der Waals surface area contributed by atoms with Crippen LogP contribution in [0.25, 0.3) is 0 Å². The molecule has 0 aromatic heterocycles. The fourth-order valence-electron chi connectivity index (χ4n) is 2.65. The van der Waals surface area contributed by atoms with Crippen LogP contribution in [0.4, 0.5) is 0 Å². The number of aliphatic carboxylic acids is 1. The molecular weight excluding hydrogens is 496 g/mol. The van der Waals surface area contributed by atoms with Crippen molar-refractivity contribution in [2.24, 2.45) is 0 Å². The number of rotatable bonds is 9. The maximum absolute atomic E-state index is 11.4. The first-order valence-electron chi connectivity index (χ1n) is 8.38. The topological polar surface area (TPSA) is 89.9 Å². The summed E-state index contributed by atoms with van der Waals surface area (Å²) in [5.41, 5.74) is 1.79. The maximum atomic E-state index is 11.4. The van der Waals surface area contributed by atoms with Crippen molar-refractivity contribution in [3.63, 3.8) is 0 Å². The second kappa shape index (κ2) is 11.0. The molecule has 0 aliphatic heterocycles. The molecule has 2 aromatic rings. The summed E-state index contributed by atoms with van der Waals surface area (Å²) in [6.45, 7) is 0. The monoisotopic (exact) mass is 512 g/mol. The molecular formula is C20H18Br2O6. The van der Waals surface area contributed by atoms with Crippen molar-refractivity contribution in [3.8, 4) is 11.5 Å². The number of halogens is 2. The molecule has 148 valence electrons. The van der Waals surface area contributed by atoms with Crippen molar-refractivity contribution in [1.29, 1.82) is 0 Å². The molecule has 0 fully saturated rings. The van der Waals surface area contributed by atoms with E-state index in [0.717, 1.165) is 11.1 Å². The molecule has 0 saturated heterocycles. The summed E-state index contributed by atoms with van der Waals surface area (Å²) in [4.78, 5) is 33.8. The molecule has 8 heteroatoms. The van der Waals surface area contributed by atoms with Crippen LogP contribution in [0.3, 0.4) is 0 Å². The zero-order chi connectivity index (χ0) is 20.5. The Morgan fingerprint density at radius 2 is 1.18 bits per heavy atom. The Hall–Kier alpha value is -2.19. The van der Waals surface area contributed by atoms with Crippen molar-refractivity contribution < 1.29 is 29.0 Å². The molecule has 0 spiro atoms. The van der Waals surface area contributed by atoms with Crippen LogP contribution in [-0.2, 0) is 14.4 Å². The van der Waals surface area contributed by atoms with Crippen LogP contribution < -0.4 is 9.47 Å². The van der Waals surface area contributed by atoms with E-state index in [2.05, 4.69) is 31.9 Å². The Balaban J connectivity index is 2.22. The van der Waals surface area contributed by atoms with Gasteiger partial charge in [-0.05, 0) is 41.8 Å². The third-order valence-electron chi connectivity index (χ3n) is 3.89. The molecule has 0 amide bonds. The van der Waals surface area contributed by atoms with Gasteiger partial charge in [-0.3, -0.25) is 14.4 Å². The fourth-order valence-corrected chi connectivity index (χ4v) is 2.88. The van der Waals surface area contributed by atoms with Gasteiger partial charge in [0.1, 0.15) is 22.2 Å². The first-order chi connectivity index (χ1) is 13.4. The van der Waals surface area contributed by atoms with Gasteiger partial charge in [-0.15, -0.1) is 0 Å². The van der Waals surface area contributed by atoms with Gasteiger partial charge in [-0.1, -0.05) is 56.1 Å². The normalized spacial score (nSPS) is 10.5. The van der Waals surface area contributed by atoms with Crippen LogP contribution in [0.5, 0.6) is 11.5 Å². The standard InChI is InChI=1S/C20H18Br2O6/c21-11-19(25)27-15-5-1-13(2-6-15)17(9-10-18(23)24)14-3-7-16(8-4-14)28-20(26)12-22/h1-8,17H,9-12H2,(H,23,24). The number of ether oxygens (including phenoxy) is 2. The minimum Gasteiger partial charge on any atom is -0.481 e. The largest absolute Gasteiger partial charge is 0.481 e. The van der Waals surface area contributed by atoms with Gasteiger partial charge in [0.15, 0.2) is 0 Å². The third-order valence-corrected chi connectivity index (χ3v) is 4.81. The lowest BCUT2D eigenvalue weighted by Crippen LogP contribution is -2.10. The average molecular weight is 514 g/mol. The smallest absolute Gasteiger partial charge is 0.321 e. The van der Waals surface area contributed by atoms with Crippen molar-refractivity contribution in [3.05, 3.63) is 59.7 Å². The first-order valence-corrected chi connectivity index (χ1v) is 10.6. The Morgan fingerprint density at radius 1 is 0.786 bits per heavy atom. The lowest BCUT2D eigenvalue weighted by Gasteiger charge is -2.18. The van der Waals surface area contributed by atoms with Crippen LogP contribution in [0.15, 0.2) is 48.5 Å². The van der Waals surface area contributed by atoms with E-state index in [1.807, 2.05) is 24.3 Å². The summed E-state index contributed by atoms with van der Waals surface area (Å²) in [5.74, 6) is -1.01. The Bertz CT molecular complexity index is 756. The Morgan fingerprint density at radius 3 is 1.50 bits per heavy atom. The van der Waals surface area contributed by atoms with E-state index in [0.29, 0.717) is 17.9 Å². The number of carbonyl (C=O) groups is 3. The predicted octanol–water partition coefficient (Wildman–Crippen LogP) is 4.28. The second-order valence-electron chi connectivity index (χ2n) is 5.84. The summed E-state index contributed by atoms with van der Waals surface area (Å²) in [6.07, 6.45) is 0.404. The highest BCUT2D eigenvalue weighted by Gasteiger charge is 2.17.